The molecule has 0 aliphatic carbocycles. The second-order valence-corrected chi connectivity index (χ2v) is 6.69. The van der Waals surface area contributed by atoms with E-state index in [4.69, 9.17) is 0 Å². The zero-order chi connectivity index (χ0) is 20.8. The minimum absolute atomic E-state index is 0.0635. The summed E-state index contributed by atoms with van der Waals surface area (Å²) < 4.78 is 26.5. The third-order valence-corrected chi connectivity index (χ3v) is 4.61. The lowest BCUT2D eigenvalue weighted by Crippen LogP contribution is -2.86. The van der Waals surface area contributed by atoms with Crippen molar-refractivity contribution in [2.24, 2.45) is 0 Å². The van der Waals surface area contributed by atoms with Gasteiger partial charge in [-0.25, -0.2) is 8.78 Å². The number of rotatable bonds is 7. The Kier molecular flexibility index (Phi) is 6.46. The van der Waals surface area contributed by atoms with E-state index in [0.29, 0.717) is 22.4 Å². The number of nitrogens with one attached hydrogen (secondary N) is 1. The summed E-state index contributed by atoms with van der Waals surface area (Å²) >= 11 is 0. The van der Waals surface area contributed by atoms with Crippen LogP contribution in [0.1, 0.15) is 34.5 Å². The van der Waals surface area contributed by atoms with E-state index in [9.17, 15) is 18.4 Å². The van der Waals surface area contributed by atoms with Gasteiger partial charge in [-0.05, 0) is 37.3 Å². The van der Waals surface area contributed by atoms with E-state index in [2.05, 4.69) is 5.32 Å². The summed E-state index contributed by atoms with van der Waals surface area (Å²) in [6.45, 7) is 1.86. The van der Waals surface area contributed by atoms with Crippen LogP contribution < -0.4 is 10.6 Å². The summed E-state index contributed by atoms with van der Waals surface area (Å²) in [7, 11) is 0. The quantitative estimate of drug-likeness (QED) is 0.602. The number of halogens is 2. The molecule has 148 valence electrons. The first-order chi connectivity index (χ1) is 14.0. The Labute approximate surface area is 167 Å². The van der Waals surface area contributed by atoms with Gasteiger partial charge in [0, 0.05) is 16.7 Å². The number of carbonyl (C=O) groups is 2. The Bertz CT molecular complexity index is 1020. The van der Waals surface area contributed by atoms with Crippen LogP contribution in [0.2, 0.25) is 0 Å². The summed E-state index contributed by atoms with van der Waals surface area (Å²) in [5.74, 6) is -2.30. The number of amides is 1. The van der Waals surface area contributed by atoms with Gasteiger partial charge < -0.3 is 10.6 Å². The molecule has 3 rings (SSSR count). The molecule has 1 atom stereocenters. The first-order valence-electron chi connectivity index (χ1n) is 9.22. The number of benzene rings is 3. The van der Waals surface area contributed by atoms with Crippen LogP contribution in [0.4, 0.5) is 14.5 Å². The molecule has 3 aromatic carbocycles. The van der Waals surface area contributed by atoms with Crippen molar-refractivity contribution in [1.29, 1.82) is 0 Å². The van der Waals surface area contributed by atoms with E-state index in [1.165, 1.54) is 6.07 Å². The van der Waals surface area contributed by atoms with Crippen LogP contribution in [0.5, 0.6) is 0 Å². The van der Waals surface area contributed by atoms with E-state index in [1.807, 2.05) is 6.07 Å². The fourth-order valence-electron chi connectivity index (χ4n) is 2.95. The molecule has 4 nitrogen and oxygen atoms in total. The van der Waals surface area contributed by atoms with E-state index in [-0.39, 0.29) is 24.3 Å². The highest BCUT2D eigenvalue weighted by Crippen LogP contribution is 2.19. The van der Waals surface area contributed by atoms with Gasteiger partial charge in [0.1, 0.15) is 6.04 Å². The molecule has 1 amide bonds. The average Bonchev–Trinajstić information content (AvgIpc) is 2.74. The molecule has 29 heavy (non-hydrogen) atoms. The Morgan fingerprint density at radius 2 is 1.62 bits per heavy atom. The van der Waals surface area contributed by atoms with Gasteiger partial charge in [0.25, 0.3) is 5.91 Å². The number of quaternary nitrogens is 1. The average molecular weight is 395 g/mol. The van der Waals surface area contributed by atoms with Gasteiger partial charge in [0.2, 0.25) is 0 Å². The Hall–Kier alpha value is -3.38. The number of hydrogen-bond acceptors (Lipinski definition) is 2. The SMILES string of the molecule is C[C@H]([NH2+]CC(=O)Nc1ccccc1C(=O)c1ccccc1)c1ccc(F)c(F)c1. The smallest absolute Gasteiger partial charge is 0.279 e. The molecule has 3 aromatic rings. The molecule has 0 saturated carbocycles. The van der Waals surface area contributed by atoms with Gasteiger partial charge in [0.15, 0.2) is 24.0 Å². The number of hydrogen-bond donors (Lipinski definition) is 2. The van der Waals surface area contributed by atoms with Crippen molar-refractivity contribution in [3.63, 3.8) is 0 Å². The molecular weight excluding hydrogens is 374 g/mol. The third kappa shape index (κ3) is 5.12. The molecule has 0 spiro atoms. The number of nitrogens with two attached hydrogens (primary N) is 1. The number of carbonyl (C=O) groups excluding carboxylic acids is 2. The highest BCUT2D eigenvalue weighted by atomic mass is 19.2. The fraction of sp³-hybridized carbons (Fsp3) is 0.130. The summed E-state index contributed by atoms with van der Waals surface area (Å²) in [6.07, 6.45) is 0. The molecule has 0 saturated heterocycles. The van der Waals surface area contributed by atoms with E-state index >= 15 is 0 Å². The van der Waals surface area contributed by atoms with Gasteiger partial charge in [-0.3, -0.25) is 9.59 Å². The van der Waals surface area contributed by atoms with Crippen molar-refractivity contribution in [3.8, 4) is 0 Å². The lowest BCUT2D eigenvalue weighted by molar-refractivity contribution is -0.682. The van der Waals surface area contributed by atoms with Crippen molar-refractivity contribution in [2.45, 2.75) is 13.0 Å². The van der Waals surface area contributed by atoms with Gasteiger partial charge in [-0.15, -0.1) is 0 Å². The minimum Gasteiger partial charge on any atom is -0.333 e. The van der Waals surface area contributed by atoms with Crippen LogP contribution in [0.15, 0.2) is 72.8 Å². The van der Waals surface area contributed by atoms with E-state index < -0.39 is 11.6 Å². The number of para-hydroxylation sites is 1. The zero-order valence-corrected chi connectivity index (χ0v) is 15.9. The second-order valence-electron chi connectivity index (χ2n) is 6.69. The minimum atomic E-state index is -0.916. The van der Waals surface area contributed by atoms with Gasteiger partial charge in [-0.1, -0.05) is 42.5 Å². The zero-order valence-electron chi connectivity index (χ0n) is 15.9. The molecule has 0 aliphatic rings. The van der Waals surface area contributed by atoms with Crippen molar-refractivity contribution in [2.75, 3.05) is 11.9 Å². The van der Waals surface area contributed by atoms with Gasteiger partial charge in [-0.2, -0.15) is 0 Å². The maximum Gasteiger partial charge on any atom is 0.279 e. The van der Waals surface area contributed by atoms with Crippen molar-refractivity contribution >= 4 is 17.4 Å². The number of ketones is 1. The van der Waals surface area contributed by atoms with Crippen molar-refractivity contribution in [3.05, 3.63) is 101 Å². The first-order valence-corrected chi connectivity index (χ1v) is 9.22. The Morgan fingerprint density at radius 1 is 0.931 bits per heavy atom. The predicted octanol–water partition coefficient (Wildman–Crippen LogP) is 3.46. The molecule has 0 fully saturated rings. The van der Waals surface area contributed by atoms with Crippen LogP contribution in [-0.2, 0) is 4.79 Å². The Balaban J connectivity index is 1.65. The summed E-state index contributed by atoms with van der Waals surface area (Å²) in [4.78, 5) is 25.1. The van der Waals surface area contributed by atoms with Gasteiger partial charge in [0.05, 0.1) is 5.69 Å². The molecule has 0 unspecified atom stereocenters. The van der Waals surface area contributed by atoms with Crippen molar-refractivity contribution < 1.29 is 23.7 Å². The summed E-state index contributed by atoms with van der Waals surface area (Å²) in [5, 5.41) is 4.48. The highest BCUT2D eigenvalue weighted by Gasteiger charge is 2.17. The molecule has 0 aliphatic heterocycles. The lowest BCUT2D eigenvalue weighted by Gasteiger charge is -2.13. The van der Waals surface area contributed by atoms with Crippen molar-refractivity contribution in [1.82, 2.24) is 0 Å². The van der Waals surface area contributed by atoms with Crippen LogP contribution in [0.3, 0.4) is 0 Å². The predicted molar refractivity (Wildman–Crippen MR) is 107 cm³/mol. The van der Waals surface area contributed by atoms with E-state index in [0.717, 1.165) is 12.1 Å². The molecule has 3 N–H and O–H groups in total. The maximum absolute atomic E-state index is 13.4. The molecule has 6 heteroatoms. The Morgan fingerprint density at radius 3 is 2.34 bits per heavy atom. The highest BCUT2D eigenvalue weighted by molar-refractivity contribution is 6.13. The standard InChI is InChI=1S/C23H20F2N2O2/c1-15(17-11-12-19(24)20(25)13-17)26-14-22(28)27-21-10-6-5-9-18(21)23(29)16-7-3-2-4-8-16/h2-13,15,26H,14H2,1H3,(H,27,28)/p+1/t15-/m0/s1. The molecule has 0 radical (unpaired) electrons. The summed E-state index contributed by atoms with van der Waals surface area (Å²) in [5.41, 5.74) is 1.95. The van der Waals surface area contributed by atoms with E-state index in [1.54, 1.807) is 60.8 Å². The maximum atomic E-state index is 13.4. The molecular formula is C23H21F2N2O2+. The lowest BCUT2D eigenvalue weighted by atomic mass is 10.0. The molecule has 0 bridgehead atoms. The largest absolute Gasteiger partial charge is 0.333 e. The monoisotopic (exact) mass is 395 g/mol. The van der Waals surface area contributed by atoms with Crippen LogP contribution >= 0.6 is 0 Å². The van der Waals surface area contributed by atoms with Crippen LogP contribution in [0.25, 0.3) is 0 Å². The molecule has 0 aromatic heterocycles. The second kappa shape index (κ2) is 9.21. The number of anilines is 1. The first kappa shape index (κ1) is 20.4. The normalized spacial score (nSPS) is 11.7. The molecule has 0 heterocycles. The van der Waals surface area contributed by atoms with Crippen LogP contribution in [-0.4, -0.2) is 18.2 Å². The third-order valence-electron chi connectivity index (χ3n) is 4.61. The summed E-state index contributed by atoms with van der Waals surface area (Å²) in [6, 6.07) is 19.1. The van der Waals surface area contributed by atoms with Crippen LogP contribution in [0, 0.1) is 11.6 Å². The topological polar surface area (TPSA) is 62.8 Å². The fourth-order valence-corrected chi connectivity index (χ4v) is 2.95. The van der Waals surface area contributed by atoms with Gasteiger partial charge >= 0.3 is 0 Å².